The Hall–Kier alpha value is -3.66. The van der Waals surface area contributed by atoms with Gasteiger partial charge in [0, 0.05) is 35.4 Å². The number of imidazole rings is 1. The van der Waals surface area contributed by atoms with Crippen molar-refractivity contribution in [1.29, 1.82) is 0 Å². The average molecular weight is 398 g/mol. The second-order valence-electron chi connectivity index (χ2n) is 6.62. The van der Waals surface area contributed by atoms with Crippen molar-refractivity contribution in [3.8, 4) is 0 Å². The second-order valence-corrected chi connectivity index (χ2v) is 6.62. The fraction of sp³-hybridized carbons (Fsp3) is 0.263. The lowest BCUT2D eigenvalue weighted by Crippen LogP contribution is -2.53. The van der Waals surface area contributed by atoms with Crippen molar-refractivity contribution in [3.63, 3.8) is 0 Å². The van der Waals surface area contributed by atoms with Crippen molar-refractivity contribution in [2.45, 2.75) is 24.9 Å². The Morgan fingerprint density at radius 1 is 1.14 bits per heavy atom. The molecule has 0 bridgehead atoms. The van der Waals surface area contributed by atoms with E-state index in [2.05, 4.69) is 25.6 Å². The number of hydrogen-bond acceptors (Lipinski definition) is 5. The van der Waals surface area contributed by atoms with Crippen LogP contribution in [0.5, 0.6) is 0 Å². The summed E-state index contributed by atoms with van der Waals surface area (Å²) in [4.78, 5) is 45.6. The molecule has 0 spiro atoms. The van der Waals surface area contributed by atoms with Gasteiger partial charge in [0.1, 0.15) is 12.6 Å². The summed E-state index contributed by atoms with van der Waals surface area (Å²) in [5.74, 6) is -2.30. The number of fused-ring (bicyclic) bond motifs is 1. The van der Waals surface area contributed by atoms with Gasteiger partial charge in [-0.15, -0.1) is 0 Å². The Balaban J connectivity index is 1.67. The number of nitrogens with two attached hydrogens (primary N) is 1. The molecule has 29 heavy (non-hydrogen) atoms. The zero-order valence-electron chi connectivity index (χ0n) is 15.5. The van der Waals surface area contributed by atoms with E-state index < -0.39 is 36.4 Å². The number of benzene rings is 1. The van der Waals surface area contributed by atoms with Gasteiger partial charge in [0.25, 0.3) is 0 Å². The highest BCUT2D eigenvalue weighted by Gasteiger charge is 2.25. The standard InChI is InChI=1S/C19H22N6O4/c20-14(5-11-7-22-15-4-2-1-3-13(11)15)18(28)25-16(6-12-8-21-10-24-12)19(29)23-9-17(26)27/h1-4,7-8,10,14,16,22H,5-6,9,20H2,(H,21,24)(H,23,29)(H,25,28)(H,26,27)/t14-,16-/m0/s1. The summed E-state index contributed by atoms with van der Waals surface area (Å²) in [7, 11) is 0. The Labute approximate surface area is 165 Å². The SMILES string of the molecule is N[C@@H](Cc1c[nH]c2ccccc12)C(=O)N[C@@H](Cc1cnc[nH]1)C(=O)NCC(=O)O. The topological polar surface area (TPSA) is 166 Å². The number of hydrogen-bond donors (Lipinski definition) is 6. The summed E-state index contributed by atoms with van der Waals surface area (Å²) in [5.41, 5.74) is 8.53. The van der Waals surface area contributed by atoms with Crippen molar-refractivity contribution in [2.75, 3.05) is 6.54 Å². The van der Waals surface area contributed by atoms with E-state index in [4.69, 9.17) is 10.8 Å². The Bertz CT molecular complexity index is 997. The van der Waals surface area contributed by atoms with Crippen LogP contribution in [0.1, 0.15) is 11.3 Å². The number of carboxylic acid groups (broad SMARTS) is 1. The van der Waals surface area contributed by atoms with Crippen LogP contribution < -0.4 is 16.4 Å². The van der Waals surface area contributed by atoms with Crippen LogP contribution in [0.15, 0.2) is 43.0 Å². The fourth-order valence-electron chi connectivity index (χ4n) is 3.02. The molecule has 1 aromatic carbocycles. The molecular weight excluding hydrogens is 376 g/mol. The summed E-state index contributed by atoms with van der Waals surface area (Å²) in [6, 6.07) is 5.80. The van der Waals surface area contributed by atoms with Gasteiger partial charge in [-0.2, -0.15) is 0 Å². The van der Waals surface area contributed by atoms with E-state index in [0.29, 0.717) is 5.69 Å². The third kappa shape index (κ3) is 5.20. The summed E-state index contributed by atoms with van der Waals surface area (Å²) >= 11 is 0. The van der Waals surface area contributed by atoms with Gasteiger partial charge in [0.15, 0.2) is 0 Å². The van der Waals surface area contributed by atoms with E-state index in [0.717, 1.165) is 16.5 Å². The van der Waals surface area contributed by atoms with Crippen LogP contribution in [-0.4, -0.2) is 56.5 Å². The summed E-state index contributed by atoms with van der Waals surface area (Å²) in [6.07, 6.45) is 5.18. The molecule has 10 heteroatoms. The van der Waals surface area contributed by atoms with Crippen LogP contribution in [-0.2, 0) is 27.2 Å². The smallest absolute Gasteiger partial charge is 0.322 e. The molecule has 0 radical (unpaired) electrons. The van der Waals surface area contributed by atoms with Gasteiger partial charge >= 0.3 is 5.97 Å². The maximum absolute atomic E-state index is 12.6. The number of carbonyl (C=O) groups excluding carboxylic acids is 2. The minimum atomic E-state index is -1.18. The molecule has 2 amide bonds. The molecule has 0 saturated carbocycles. The van der Waals surface area contributed by atoms with Gasteiger partial charge in [-0.1, -0.05) is 18.2 Å². The van der Waals surface area contributed by atoms with E-state index in [1.807, 2.05) is 24.3 Å². The molecule has 152 valence electrons. The zero-order chi connectivity index (χ0) is 20.8. The Kier molecular flexibility index (Phi) is 6.25. The maximum atomic E-state index is 12.6. The lowest BCUT2D eigenvalue weighted by molar-refractivity contribution is -0.138. The first kappa shape index (κ1) is 20.1. The summed E-state index contributed by atoms with van der Waals surface area (Å²) in [6.45, 7) is -0.546. The number of carboxylic acids is 1. The van der Waals surface area contributed by atoms with Crippen molar-refractivity contribution in [3.05, 3.63) is 54.2 Å². The molecule has 2 heterocycles. The Morgan fingerprint density at radius 2 is 1.93 bits per heavy atom. The zero-order valence-corrected chi connectivity index (χ0v) is 15.5. The molecule has 0 aliphatic heterocycles. The highest BCUT2D eigenvalue weighted by molar-refractivity contribution is 5.92. The van der Waals surface area contributed by atoms with Crippen molar-refractivity contribution in [2.24, 2.45) is 5.73 Å². The van der Waals surface area contributed by atoms with Gasteiger partial charge < -0.3 is 31.4 Å². The van der Waals surface area contributed by atoms with Crippen molar-refractivity contribution in [1.82, 2.24) is 25.6 Å². The maximum Gasteiger partial charge on any atom is 0.322 e. The first-order valence-electron chi connectivity index (χ1n) is 9.01. The van der Waals surface area contributed by atoms with Gasteiger partial charge in [0.05, 0.1) is 12.4 Å². The highest BCUT2D eigenvalue weighted by atomic mass is 16.4. The minimum Gasteiger partial charge on any atom is -0.480 e. The number of H-pyrrole nitrogens is 2. The van der Waals surface area contributed by atoms with E-state index >= 15 is 0 Å². The van der Waals surface area contributed by atoms with E-state index in [-0.39, 0.29) is 12.8 Å². The van der Waals surface area contributed by atoms with Crippen molar-refractivity contribution >= 4 is 28.7 Å². The molecule has 0 aliphatic carbocycles. The number of nitrogens with one attached hydrogen (secondary N) is 4. The second kappa shape index (κ2) is 9.02. The van der Waals surface area contributed by atoms with Crippen LogP contribution in [0.4, 0.5) is 0 Å². The number of aromatic amines is 2. The van der Waals surface area contributed by atoms with Crippen LogP contribution in [0.25, 0.3) is 10.9 Å². The predicted octanol–water partition coefficient (Wildman–Crippen LogP) is -0.311. The third-order valence-electron chi connectivity index (χ3n) is 4.48. The molecule has 2 aromatic heterocycles. The monoisotopic (exact) mass is 398 g/mol. The van der Waals surface area contributed by atoms with E-state index in [1.165, 1.54) is 12.5 Å². The van der Waals surface area contributed by atoms with Crippen LogP contribution in [0, 0.1) is 0 Å². The molecule has 0 fully saturated rings. The number of aliphatic carboxylic acids is 1. The van der Waals surface area contributed by atoms with Crippen LogP contribution >= 0.6 is 0 Å². The average Bonchev–Trinajstić information content (AvgIpc) is 3.35. The quantitative estimate of drug-likeness (QED) is 0.289. The van der Waals surface area contributed by atoms with Crippen molar-refractivity contribution < 1.29 is 19.5 Å². The molecular formula is C19H22N6O4. The van der Waals surface area contributed by atoms with Gasteiger partial charge in [0.2, 0.25) is 11.8 Å². The Morgan fingerprint density at radius 3 is 2.66 bits per heavy atom. The van der Waals surface area contributed by atoms with Crippen LogP contribution in [0.2, 0.25) is 0 Å². The fourth-order valence-corrected chi connectivity index (χ4v) is 3.02. The molecule has 0 aliphatic rings. The number of carbonyl (C=O) groups is 3. The molecule has 7 N–H and O–H groups in total. The molecule has 0 unspecified atom stereocenters. The first-order chi connectivity index (χ1) is 13.9. The van der Waals surface area contributed by atoms with E-state index in [9.17, 15) is 14.4 Å². The normalized spacial score (nSPS) is 13.0. The number of rotatable bonds is 9. The molecule has 3 rings (SSSR count). The van der Waals surface area contributed by atoms with Gasteiger partial charge in [-0.25, -0.2) is 4.98 Å². The largest absolute Gasteiger partial charge is 0.480 e. The van der Waals surface area contributed by atoms with Crippen LogP contribution in [0.3, 0.4) is 0 Å². The highest BCUT2D eigenvalue weighted by Crippen LogP contribution is 2.18. The number of aromatic nitrogens is 3. The van der Waals surface area contributed by atoms with Gasteiger partial charge in [-0.05, 0) is 18.1 Å². The minimum absolute atomic E-state index is 0.122. The van der Waals surface area contributed by atoms with E-state index in [1.54, 1.807) is 6.20 Å². The predicted molar refractivity (Wildman–Crippen MR) is 105 cm³/mol. The summed E-state index contributed by atoms with van der Waals surface area (Å²) in [5, 5.41) is 14.6. The number of para-hydroxylation sites is 1. The molecule has 3 aromatic rings. The lowest BCUT2D eigenvalue weighted by Gasteiger charge is -2.20. The third-order valence-corrected chi connectivity index (χ3v) is 4.48. The number of nitrogens with zero attached hydrogens (tertiary/aromatic N) is 1. The first-order valence-corrected chi connectivity index (χ1v) is 9.01. The number of amides is 2. The lowest BCUT2D eigenvalue weighted by atomic mass is 10.0. The molecule has 10 nitrogen and oxygen atoms in total. The molecule has 2 atom stereocenters. The molecule has 0 saturated heterocycles. The summed E-state index contributed by atoms with van der Waals surface area (Å²) < 4.78 is 0. The van der Waals surface area contributed by atoms with Gasteiger partial charge in [-0.3, -0.25) is 14.4 Å².